The van der Waals surface area contributed by atoms with Crippen LogP contribution in [0.25, 0.3) is 43.1 Å². The molecule has 0 heterocycles. The topological polar surface area (TPSA) is 124 Å². The normalized spacial score (nSPS) is 11.1. The van der Waals surface area contributed by atoms with Gasteiger partial charge in [-0.25, -0.2) is 19.2 Å². The monoisotopic (exact) mass is 958 g/mol. The fraction of sp³-hybridized carbons (Fsp3) is 0.194. The molecule has 9 rings (SSSR count). The molecule has 72 heavy (non-hydrogen) atoms. The van der Waals surface area contributed by atoms with Crippen LogP contribution in [0.4, 0.5) is 0 Å². The van der Waals surface area contributed by atoms with Gasteiger partial charge >= 0.3 is 23.9 Å². The highest BCUT2D eigenvalue weighted by molar-refractivity contribution is 6.03. The van der Waals surface area contributed by atoms with Gasteiger partial charge in [0, 0.05) is 0 Å². The zero-order chi connectivity index (χ0) is 49.5. The summed E-state index contributed by atoms with van der Waals surface area (Å²) in [5, 5.41) is 8.80. The maximum absolute atomic E-state index is 12.9. The van der Waals surface area contributed by atoms with Crippen LogP contribution in [-0.2, 0) is 9.47 Å². The molecule has 9 aromatic carbocycles. The Morgan fingerprint density at radius 3 is 0.944 bits per heavy atom. The molecule has 0 radical (unpaired) electrons. The van der Waals surface area contributed by atoms with Crippen LogP contribution in [0.15, 0.2) is 182 Å². The Bertz CT molecular complexity index is 3100. The van der Waals surface area contributed by atoms with E-state index in [1.165, 1.54) is 10.8 Å². The number of rotatable bonds is 22. The molecule has 362 valence electrons. The third-order valence-electron chi connectivity index (χ3n) is 12.4. The van der Waals surface area contributed by atoms with Gasteiger partial charge in [-0.05, 0) is 216 Å². The van der Waals surface area contributed by atoms with E-state index >= 15 is 0 Å². The van der Waals surface area contributed by atoms with Crippen molar-refractivity contribution in [3.63, 3.8) is 0 Å². The van der Waals surface area contributed by atoms with Gasteiger partial charge in [0.15, 0.2) is 0 Å². The third-order valence-corrected chi connectivity index (χ3v) is 12.4. The van der Waals surface area contributed by atoms with Crippen molar-refractivity contribution in [2.45, 2.75) is 51.4 Å². The Kier molecular flexibility index (Phi) is 16.1. The van der Waals surface area contributed by atoms with E-state index in [-0.39, 0.29) is 11.9 Å². The van der Waals surface area contributed by atoms with Crippen molar-refractivity contribution < 1.29 is 47.6 Å². The van der Waals surface area contributed by atoms with Gasteiger partial charge in [0.1, 0.15) is 23.0 Å². The summed E-state index contributed by atoms with van der Waals surface area (Å²) in [6.45, 7) is 1.76. The fourth-order valence-electron chi connectivity index (χ4n) is 8.41. The first-order valence-electron chi connectivity index (χ1n) is 24.5. The Balaban J connectivity index is 0.604. The lowest BCUT2D eigenvalue weighted by Gasteiger charge is -2.09. The van der Waals surface area contributed by atoms with Crippen molar-refractivity contribution in [1.82, 2.24) is 0 Å². The molecule has 0 saturated carbocycles. The maximum Gasteiger partial charge on any atom is 0.343 e. The molecule has 0 fully saturated rings. The first-order chi connectivity index (χ1) is 35.3. The molecule has 0 aliphatic rings. The third kappa shape index (κ3) is 13.0. The average Bonchev–Trinajstić information content (AvgIpc) is 3.41. The first kappa shape index (κ1) is 48.5. The fourth-order valence-corrected chi connectivity index (χ4v) is 8.41. The summed E-state index contributed by atoms with van der Waals surface area (Å²) in [6.07, 6.45) is 6.85. The molecule has 0 saturated heterocycles. The zero-order valence-electron chi connectivity index (χ0n) is 39.9. The molecular weight excluding hydrogens is 905 g/mol. The lowest BCUT2D eigenvalue weighted by molar-refractivity contribution is 0.0488. The van der Waals surface area contributed by atoms with Crippen molar-refractivity contribution in [3.8, 4) is 23.0 Å². The number of hydrogen-bond donors (Lipinski definition) is 0. The molecular formula is C62H54O10. The van der Waals surface area contributed by atoms with E-state index in [9.17, 15) is 19.2 Å². The standard InChI is InChI=1S/C62H54O10/c63-59(51-19-17-49-37-45-13-5-7-15-47(45)39-53(49)41-51)69-35-11-3-1-9-33-67-55-25-21-43(22-26-55)61(65)71-57-29-31-58(32-30-57)72-62(66)44-23-27-56(28-24-44)68-34-10-2-4-12-36-70-60(64)52-20-18-50-38-46-14-6-8-16-48(46)40-54(50)42-52/h5-8,13-32,37-42H,1-4,9-12,33-36H2. The Morgan fingerprint density at radius 2 is 0.569 bits per heavy atom. The van der Waals surface area contributed by atoms with E-state index in [1.54, 1.807) is 72.8 Å². The number of hydrogen-bond acceptors (Lipinski definition) is 10. The zero-order valence-corrected chi connectivity index (χ0v) is 39.9. The van der Waals surface area contributed by atoms with Gasteiger partial charge in [0.2, 0.25) is 0 Å². The molecule has 0 spiro atoms. The largest absolute Gasteiger partial charge is 0.494 e. The SMILES string of the molecule is O=C(OCCCCCCOc1ccc(C(=O)Oc2ccc(OC(=O)c3ccc(OCCCCCCOC(=O)c4ccc5cc6ccccc6cc5c4)cc3)cc2)cc1)c1ccc2cc3ccccc3cc2c1. The lowest BCUT2D eigenvalue weighted by Crippen LogP contribution is -2.10. The molecule has 10 heteroatoms. The minimum atomic E-state index is -0.534. The summed E-state index contributed by atoms with van der Waals surface area (Å²) in [4.78, 5) is 51.1. The van der Waals surface area contributed by atoms with Crippen molar-refractivity contribution >= 4 is 67.0 Å². The summed E-state index contributed by atoms with van der Waals surface area (Å²) in [7, 11) is 0. The molecule has 0 unspecified atom stereocenters. The molecule has 0 aliphatic heterocycles. The summed E-state index contributed by atoms with van der Waals surface area (Å²) >= 11 is 0. The highest BCUT2D eigenvalue weighted by Gasteiger charge is 2.14. The molecule has 0 aromatic heterocycles. The lowest BCUT2D eigenvalue weighted by atomic mass is 10.0. The quantitative estimate of drug-likeness (QED) is 0.0281. The summed E-state index contributed by atoms with van der Waals surface area (Å²) in [6, 6.07) is 55.9. The summed E-state index contributed by atoms with van der Waals surface area (Å²) < 4.78 is 33.9. The van der Waals surface area contributed by atoms with E-state index < -0.39 is 11.9 Å². The number of unbranched alkanes of at least 4 members (excludes halogenated alkanes) is 6. The maximum atomic E-state index is 12.9. The number of carbonyl (C=O) groups excluding carboxylic acids is 4. The molecule has 0 atom stereocenters. The number of carbonyl (C=O) groups is 4. The second-order valence-corrected chi connectivity index (χ2v) is 17.6. The average molecular weight is 959 g/mol. The van der Waals surface area contributed by atoms with Crippen LogP contribution in [0, 0.1) is 0 Å². The molecule has 0 amide bonds. The highest BCUT2D eigenvalue weighted by Crippen LogP contribution is 2.27. The predicted molar refractivity (Wildman–Crippen MR) is 281 cm³/mol. The molecule has 9 aromatic rings. The van der Waals surface area contributed by atoms with Crippen molar-refractivity contribution in [2.75, 3.05) is 26.4 Å². The summed E-state index contributed by atoms with van der Waals surface area (Å²) in [5.74, 6) is 0.190. The Labute approximate surface area is 418 Å². The highest BCUT2D eigenvalue weighted by atomic mass is 16.5. The summed E-state index contributed by atoms with van der Waals surface area (Å²) in [5.41, 5.74) is 1.82. The minimum Gasteiger partial charge on any atom is -0.494 e. The van der Waals surface area contributed by atoms with E-state index in [2.05, 4.69) is 48.5 Å². The van der Waals surface area contributed by atoms with Crippen LogP contribution in [0.2, 0.25) is 0 Å². The van der Waals surface area contributed by atoms with Crippen LogP contribution in [0.5, 0.6) is 23.0 Å². The van der Waals surface area contributed by atoms with Crippen LogP contribution in [-0.4, -0.2) is 50.3 Å². The molecule has 0 bridgehead atoms. The van der Waals surface area contributed by atoms with Gasteiger partial charge in [0.05, 0.1) is 48.7 Å². The van der Waals surface area contributed by atoms with Gasteiger partial charge in [-0.1, -0.05) is 60.7 Å². The van der Waals surface area contributed by atoms with Crippen LogP contribution in [0.1, 0.15) is 92.8 Å². The number of esters is 4. The predicted octanol–water partition coefficient (Wildman–Crippen LogP) is 14.3. The molecule has 0 N–H and O–H groups in total. The smallest absolute Gasteiger partial charge is 0.343 e. The second-order valence-electron chi connectivity index (χ2n) is 17.6. The van der Waals surface area contributed by atoms with E-state index in [0.29, 0.717) is 71.7 Å². The van der Waals surface area contributed by atoms with Gasteiger partial charge in [-0.2, -0.15) is 0 Å². The van der Waals surface area contributed by atoms with Crippen LogP contribution in [0.3, 0.4) is 0 Å². The Hall–Kier alpha value is -8.50. The number of benzene rings is 9. The number of ether oxygens (including phenoxy) is 6. The van der Waals surface area contributed by atoms with Crippen molar-refractivity contribution in [1.29, 1.82) is 0 Å². The van der Waals surface area contributed by atoms with Gasteiger partial charge in [-0.15, -0.1) is 0 Å². The van der Waals surface area contributed by atoms with Gasteiger partial charge in [0.25, 0.3) is 0 Å². The van der Waals surface area contributed by atoms with E-state index in [0.717, 1.165) is 83.7 Å². The molecule has 10 nitrogen and oxygen atoms in total. The first-order valence-corrected chi connectivity index (χ1v) is 24.5. The second kappa shape index (κ2) is 23.9. The van der Waals surface area contributed by atoms with Crippen LogP contribution < -0.4 is 18.9 Å². The van der Waals surface area contributed by atoms with Gasteiger partial charge in [-0.3, -0.25) is 0 Å². The van der Waals surface area contributed by atoms with Crippen LogP contribution >= 0.6 is 0 Å². The minimum absolute atomic E-state index is 0.299. The number of fused-ring (bicyclic) bond motifs is 4. The van der Waals surface area contributed by atoms with E-state index in [4.69, 9.17) is 28.4 Å². The molecule has 0 aliphatic carbocycles. The van der Waals surface area contributed by atoms with E-state index in [1.807, 2.05) is 60.7 Å². The van der Waals surface area contributed by atoms with Gasteiger partial charge < -0.3 is 28.4 Å². The van der Waals surface area contributed by atoms with Crippen molar-refractivity contribution in [2.24, 2.45) is 0 Å². The van der Waals surface area contributed by atoms with Crippen molar-refractivity contribution in [3.05, 3.63) is 204 Å². The Morgan fingerprint density at radius 1 is 0.264 bits per heavy atom.